The molecule has 3 saturated heterocycles. The Morgan fingerprint density at radius 3 is 2.39 bits per heavy atom. The van der Waals surface area contributed by atoms with E-state index >= 15 is 0 Å². The number of amides is 1. The normalized spacial score (nSPS) is 35.2. The molecule has 0 bridgehead atoms. The molecule has 5 atom stereocenters. The molecular formula is C17H22N2O9. The van der Waals surface area contributed by atoms with Crippen LogP contribution in [0.3, 0.4) is 0 Å². The number of nitro groups is 1. The number of hydrogen-bond donors (Lipinski definition) is 1. The Kier molecular flexibility index (Phi) is 4.47. The molecule has 4 heterocycles. The zero-order valence-corrected chi connectivity index (χ0v) is 15.9. The standard InChI is InChI=1S/C17H22N2O9/c1-16(2)25-11-9(7-18-14(20)8-5-6-10(23-8)19(21)22)24-15-13(12(11)26-16)27-17(3,4)28-15/h5-6,9,11-13,15H,7H2,1-4H3,(H,18,20)/t9-,11+,12+,13+,15-/m0/s1. The lowest BCUT2D eigenvalue weighted by atomic mass is 9.99. The minimum Gasteiger partial charge on any atom is -0.395 e. The fourth-order valence-corrected chi connectivity index (χ4v) is 3.69. The van der Waals surface area contributed by atoms with Crippen molar-refractivity contribution in [2.45, 2.75) is 70.0 Å². The summed E-state index contributed by atoms with van der Waals surface area (Å²) in [6.07, 6.45) is -2.61. The summed E-state index contributed by atoms with van der Waals surface area (Å²) in [4.78, 5) is 22.2. The van der Waals surface area contributed by atoms with Crippen LogP contribution in [0.25, 0.3) is 0 Å². The maximum absolute atomic E-state index is 12.3. The Hall–Kier alpha value is -2.05. The van der Waals surface area contributed by atoms with Crippen molar-refractivity contribution < 1.29 is 37.8 Å². The molecule has 3 aliphatic heterocycles. The largest absolute Gasteiger partial charge is 0.433 e. The number of furan rings is 1. The van der Waals surface area contributed by atoms with E-state index in [1.54, 1.807) is 27.7 Å². The lowest BCUT2D eigenvalue weighted by Gasteiger charge is -2.37. The summed E-state index contributed by atoms with van der Waals surface area (Å²) in [6, 6.07) is 2.36. The number of ether oxygens (including phenoxy) is 5. The number of nitrogens with one attached hydrogen (secondary N) is 1. The average molecular weight is 398 g/mol. The van der Waals surface area contributed by atoms with Gasteiger partial charge in [0.1, 0.15) is 29.3 Å². The SMILES string of the molecule is CC1(C)O[C@@H]2O[C@@H](CNC(=O)c3ccc([N+](=O)[O-])o3)[C@H]3OC(C)(C)O[C@H]3[C@H]2O1. The Morgan fingerprint density at radius 2 is 1.71 bits per heavy atom. The molecule has 3 fully saturated rings. The minimum absolute atomic E-state index is 0.0704. The molecule has 0 saturated carbocycles. The smallest absolute Gasteiger partial charge is 0.395 e. The van der Waals surface area contributed by atoms with E-state index in [2.05, 4.69) is 5.32 Å². The first-order valence-electron chi connectivity index (χ1n) is 8.94. The van der Waals surface area contributed by atoms with Crippen LogP contribution in [0, 0.1) is 10.1 Å². The van der Waals surface area contributed by atoms with Gasteiger partial charge in [-0.05, 0) is 33.8 Å². The predicted octanol–water partition coefficient (Wildman–Crippen LogP) is 1.31. The lowest BCUT2D eigenvalue weighted by molar-refractivity contribution is -0.402. The van der Waals surface area contributed by atoms with Gasteiger partial charge in [0, 0.05) is 6.54 Å². The summed E-state index contributed by atoms with van der Waals surface area (Å²) < 4.78 is 34.6. The number of carbonyl (C=O) groups is 1. The number of nitrogens with zero attached hydrogens (tertiary/aromatic N) is 1. The molecule has 1 aromatic rings. The van der Waals surface area contributed by atoms with Crippen LogP contribution in [-0.4, -0.2) is 59.7 Å². The molecular weight excluding hydrogens is 376 g/mol. The van der Waals surface area contributed by atoms with Crippen molar-refractivity contribution in [3.63, 3.8) is 0 Å². The van der Waals surface area contributed by atoms with Crippen LogP contribution in [-0.2, 0) is 23.7 Å². The first-order valence-corrected chi connectivity index (χ1v) is 8.94. The zero-order chi connectivity index (χ0) is 20.3. The molecule has 4 rings (SSSR count). The summed E-state index contributed by atoms with van der Waals surface area (Å²) >= 11 is 0. The molecule has 0 radical (unpaired) electrons. The van der Waals surface area contributed by atoms with Crippen LogP contribution < -0.4 is 5.32 Å². The van der Waals surface area contributed by atoms with Gasteiger partial charge in [-0.25, -0.2) is 0 Å². The third kappa shape index (κ3) is 3.51. The highest BCUT2D eigenvalue weighted by molar-refractivity contribution is 5.91. The Bertz CT molecular complexity index is 789. The van der Waals surface area contributed by atoms with Gasteiger partial charge in [0.2, 0.25) is 0 Å². The fourth-order valence-electron chi connectivity index (χ4n) is 3.69. The molecule has 1 amide bonds. The van der Waals surface area contributed by atoms with E-state index in [1.165, 1.54) is 6.07 Å². The lowest BCUT2D eigenvalue weighted by Crippen LogP contribution is -2.57. The number of carbonyl (C=O) groups excluding carboxylic acids is 1. The maximum atomic E-state index is 12.3. The Morgan fingerprint density at radius 1 is 1.07 bits per heavy atom. The maximum Gasteiger partial charge on any atom is 0.433 e. The van der Waals surface area contributed by atoms with Crippen molar-refractivity contribution in [2.24, 2.45) is 0 Å². The average Bonchev–Trinajstić information content (AvgIpc) is 3.25. The second-order valence-corrected chi connectivity index (χ2v) is 7.81. The van der Waals surface area contributed by atoms with Gasteiger partial charge in [-0.1, -0.05) is 0 Å². The summed E-state index contributed by atoms with van der Waals surface area (Å²) in [5.41, 5.74) is 0. The van der Waals surface area contributed by atoms with Crippen molar-refractivity contribution in [3.8, 4) is 0 Å². The van der Waals surface area contributed by atoms with Crippen molar-refractivity contribution in [1.29, 1.82) is 0 Å². The van der Waals surface area contributed by atoms with Crippen molar-refractivity contribution in [3.05, 3.63) is 28.0 Å². The molecule has 3 aliphatic rings. The summed E-state index contributed by atoms with van der Waals surface area (Å²) in [7, 11) is 0. The third-order valence-electron chi connectivity index (χ3n) is 4.71. The molecule has 0 spiro atoms. The fraction of sp³-hybridized carbons (Fsp3) is 0.706. The molecule has 154 valence electrons. The van der Waals surface area contributed by atoms with Crippen LogP contribution in [0.4, 0.5) is 5.88 Å². The predicted molar refractivity (Wildman–Crippen MR) is 90.2 cm³/mol. The van der Waals surface area contributed by atoms with Gasteiger partial charge in [-0.3, -0.25) is 14.9 Å². The molecule has 1 N–H and O–H groups in total. The third-order valence-corrected chi connectivity index (χ3v) is 4.71. The van der Waals surface area contributed by atoms with Gasteiger partial charge in [-0.2, -0.15) is 0 Å². The molecule has 11 nitrogen and oxygen atoms in total. The van der Waals surface area contributed by atoms with Gasteiger partial charge in [0.25, 0.3) is 5.91 Å². The highest BCUT2D eigenvalue weighted by Gasteiger charge is 2.60. The Labute approximate surface area is 160 Å². The number of rotatable bonds is 4. The van der Waals surface area contributed by atoms with Gasteiger partial charge in [0.05, 0.1) is 6.07 Å². The van der Waals surface area contributed by atoms with E-state index in [1.807, 2.05) is 0 Å². The topological polar surface area (TPSA) is 132 Å². The van der Waals surface area contributed by atoms with Crippen molar-refractivity contribution >= 4 is 11.8 Å². The first-order chi connectivity index (χ1) is 13.0. The van der Waals surface area contributed by atoms with E-state index in [9.17, 15) is 14.9 Å². The van der Waals surface area contributed by atoms with Gasteiger partial charge in [-0.15, -0.1) is 0 Å². The van der Waals surface area contributed by atoms with Gasteiger partial charge < -0.3 is 33.4 Å². The summed E-state index contributed by atoms with van der Waals surface area (Å²) in [6.45, 7) is 7.22. The van der Waals surface area contributed by atoms with Crippen LogP contribution >= 0.6 is 0 Å². The first kappa shape index (κ1) is 19.3. The van der Waals surface area contributed by atoms with E-state index < -0.39 is 59.0 Å². The zero-order valence-electron chi connectivity index (χ0n) is 15.9. The van der Waals surface area contributed by atoms with Gasteiger partial charge in [0.15, 0.2) is 23.6 Å². The van der Waals surface area contributed by atoms with Crippen LogP contribution in [0.5, 0.6) is 0 Å². The molecule has 0 unspecified atom stereocenters. The van der Waals surface area contributed by atoms with Crippen molar-refractivity contribution in [2.75, 3.05) is 6.54 Å². The molecule has 0 aliphatic carbocycles. The van der Waals surface area contributed by atoms with Crippen LogP contribution in [0.1, 0.15) is 38.2 Å². The van der Waals surface area contributed by atoms with E-state index in [4.69, 9.17) is 28.1 Å². The number of fused-ring (bicyclic) bond motifs is 3. The highest BCUT2D eigenvalue weighted by atomic mass is 16.9. The Balaban J connectivity index is 1.46. The van der Waals surface area contributed by atoms with Gasteiger partial charge >= 0.3 is 5.88 Å². The molecule has 11 heteroatoms. The second-order valence-electron chi connectivity index (χ2n) is 7.81. The van der Waals surface area contributed by atoms with Crippen LogP contribution in [0.2, 0.25) is 0 Å². The monoisotopic (exact) mass is 398 g/mol. The molecule has 28 heavy (non-hydrogen) atoms. The summed E-state index contributed by atoms with van der Waals surface area (Å²) in [5.74, 6) is -2.94. The van der Waals surface area contributed by atoms with E-state index in [0.29, 0.717) is 0 Å². The minimum atomic E-state index is -0.840. The summed E-state index contributed by atoms with van der Waals surface area (Å²) in [5, 5.41) is 13.3. The number of hydrogen-bond acceptors (Lipinski definition) is 9. The van der Waals surface area contributed by atoms with Crippen molar-refractivity contribution in [1.82, 2.24) is 5.32 Å². The molecule has 1 aromatic heterocycles. The van der Waals surface area contributed by atoms with E-state index in [0.717, 1.165) is 6.07 Å². The molecule has 0 aromatic carbocycles. The quantitative estimate of drug-likeness (QED) is 0.589. The van der Waals surface area contributed by atoms with Crippen LogP contribution in [0.15, 0.2) is 16.5 Å². The van der Waals surface area contributed by atoms with E-state index in [-0.39, 0.29) is 12.3 Å². The second kappa shape index (κ2) is 6.49. The highest BCUT2D eigenvalue weighted by Crippen LogP contribution is 2.43.